The van der Waals surface area contributed by atoms with E-state index in [0.29, 0.717) is 4.90 Å². The highest BCUT2D eigenvalue weighted by molar-refractivity contribution is 8.00. The number of thioether (sulfide) groups is 1. The third-order valence-electron chi connectivity index (χ3n) is 3.27. The first-order valence-electron chi connectivity index (χ1n) is 7.59. The van der Waals surface area contributed by atoms with Crippen LogP contribution in [-0.2, 0) is 14.3 Å². The third-order valence-corrected chi connectivity index (χ3v) is 4.25. The number of benzene rings is 2. The number of hydrogen-bond donors (Lipinski definition) is 1. The molecule has 0 saturated heterocycles. The minimum absolute atomic E-state index is 0.0724. The summed E-state index contributed by atoms with van der Waals surface area (Å²) in [4.78, 5) is 34.4. The summed E-state index contributed by atoms with van der Waals surface area (Å²) in [5.41, 5.74) is -0.431. The number of non-ortho nitro benzene ring substituents is 1. The Morgan fingerprint density at radius 3 is 2.52 bits per heavy atom. The number of carbonyl (C=O) groups is 2. The number of halogens is 2. The maximum absolute atomic E-state index is 13.5. The molecule has 2 rings (SSSR count). The summed E-state index contributed by atoms with van der Waals surface area (Å²) < 4.78 is 31.5. The summed E-state index contributed by atoms with van der Waals surface area (Å²) in [7, 11) is 0. The molecular formula is C17H14F2N2O5S. The van der Waals surface area contributed by atoms with Crippen molar-refractivity contribution in [2.45, 2.75) is 17.9 Å². The molecule has 0 saturated carbocycles. The molecule has 10 heteroatoms. The monoisotopic (exact) mass is 396 g/mol. The molecule has 27 heavy (non-hydrogen) atoms. The van der Waals surface area contributed by atoms with Gasteiger partial charge in [0.25, 0.3) is 11.6 Å². The van der Waals surface area contributed by atoms with Crippen molar-refractivity contribution in [3.63, 3.8) is 0 Å². The van der Waals surface area contributed by atoms with Crippen LogP contribution in [-0.4, -0.2) is 28.7 Å². The van der Waals surface area contributed by atoms with Gasteiger partial charge >= 0.3 is 5.97 Å². The summed E-state index contributed by atoms with van der Waals surface area (Å²) in [5.74, 6) is -3.20. The molecule has 0 aliphatic carbocycles. The summed E-state index contributed by atoms with van der Waals surface area (Å²) in [6.07, 6.45) is -1.22. The van der Waals surface area contributed by atoms with E-state index in [1.165, 1.54) is 31.2 Å². The van der Waals surface area contributed by atoms with Crippen LogP contribution in [0, 0.1) is 21.7 Å². The van der Waals surface area contributed by atoms with E-state index in [1.54, 1.807) is 0 Å². The number of carbonyl (C=O) groups excluding carboxylic acids is 2. The molecule has 1 amide bonds. The Morgan fingerprint density at radius 1 is 1.22 bits per heavy atom. The summed E-state index contributed by atoms with van der Waals surface area (Å²) >= 11 is 1.07. The van der Waals surface area contributed by atoms with Crippen LogP contribution in [0.3, 0.4) is 0 Å². The van der Waals surface area contributed by atoms with Gasteiger partial charge in [-0.25, -0.2) is 8.78 Å². The Kier molecular flexibility index (Phi) is 6.83. The second kappa shape index (κ2) is 9.08. The molecule has 2 aromatic rings. The van der Waals surface area contributed by atoms with Crippen LogP contribution in [0.1, 0.15) is 6.92 Å². The maximum Gasteiger partial charge on any atom is 0.317 e. The Labute approximate surface area is 156 Å². The number of amides is 1. The van der Waals surface area contributed by atoms with Gasteiger partial charge in [0.15, 0.2) is 6.10 Å². The average molecular weight is 396 g/mol. The Hall–Kier alpha value is -3.01. The van der Waals surface area contributed by atoms with Crippen molar-refractivity contribution in [3.8, 4) is 0 Å². The molecule has 0 heterocycles. The lowest BCUT2D eigenvalue weighted by molar-refractivity contribution is -0.384. The highest BCUT2D eigenvalue weighted by Gasteiger charge is 2.19. The highest BCUT2D eigenvalue weighted by atomic mass is 32.2. The number of nitro benzene ring substituents is 1. The van der Waals surface area contributed by atoms with Gasteiger partial charge in [0.05, 0.1) is 16.4 Å². The number of nitro groups is 1. The quantitative estimate of drug-likeness (QED) is 0.333. The lowest BCUT2D eigenvalue weighted by Gasteiger charge is -2.14. The standard InChI is InChI=1S/C17H14F2N2O5S/c1-10(17(23)20-15-8-11(18)2-7-14(15)19)26-16(22)9-27-13-5-3-12(4-6-13)21(24)25/h2-8,10H,9H2,1H3,(H,20,23)/t10-/m0/s1. The fourth-order valence-electron chi connectivity index (χ4n) is 1.92. The highest BCUT2D eigenvalue weighted by Crippen LogP contribution is 2.21. The molecule has 0 aromatic heterocycles. The smallest absolute Gasteiger partial charge is 0.317 e. The lowest BCUT2D eigenvalue weighted by atomic mass is 10.2. The van der Waals surface area contributed by atoms with Gasteiger partial charge in [-0.05, 0) is 31.2 Å². The van der Waals surface area contributed by atoms with Crippen molar-refractivity contribution in [2.75, 3.05) is 11.1 Å². The molecule has 0 unspecified atom stereocenters. The molecule has 0 radical (unpaired) electrons. The third kappa shape index (κ3) is 6.03. The van der Waals surface area contributed by atoms with Crippen molar-refractivity contribution in [2.24, 2.45) is 0 Å². The molecule has 1 N–H and O–H groups in total. The van der Waals surface area contributed by atoms with Crippen molar-refractivity contribution < 1.29 is 28.0 Å². The van der Waals surface area contributed by atoms with Gasteiger partial charge in [-0.3, -0.25) is 19.7 Å². The minimum atomic E-state index is -1.22. The van der Waals surface area contributed by atoms with Gasteiger partial charge in [-0.15, -0.1) is 11.8 Å². The van der Waals surface area contributed by atoms with E-state index >= 15 is 0 Å². The summed E-state index contributed by atoms with van der Waals surface area (Å²) in [5, 5.41) is 12.7. The number of nitrogens with zero attached hydrogens (tertiary/aromatic N) is 1. The normalized spacial score (nSPS) is 11.5. The van der Waals surface area contributed by atoms with Crippen LogP contribution in [0.4, 0.5) is 20.2 Å². The number of ether oxygens (including phenoxy) is 1. The van der Waals surface area contributed by atoms with E-state index in [4.69, 9.17) is 4.74 Å². The van der Waals surface area contributed by atoms with E-state index < -0.39 is 34.5 Å². The molecule has 7 nitrogen and oxygen atoms in total. The maximum atomic E-state index is 13.5. The van der Waals surface area contributed by atoms with Crippen LogP contribution in [0.5, 0.6) is 0 Å². The predicted molar refractivity (Wildman–Crippen MR) is 94.4 cm³/mol. The number of esters is 1. The zero-order valence-electron chi connectivity index (χ0n) is 14.0. The second-order valence-electron chi connectivity index (χ2n) is 5.29. The number of anilines is 1. The summed E-state index contributed by atoms with van der Waals surface area (Å²) in [6.45, 7) is 1.29. The fraction of sp³-hybridized carbons (Fsp3) is 0.176. The van der Waals surface area contributed by atoms with Crippen LogP contribution in [0.15, 0.2) is 47.4 Å². The molecular weight excluding hydrogens is 382 g/mol. The van der Waals surface area contributed by atoms with Crippen molar-refractivity contribution in [1.29, 1.82) is 0 Å². The molecule has 142 valence electrons. The number of hydrogen-bond acceptors (Lipinski definition) is 6. The average Bonchev–Trinajstić information content (AvgIpc) is 2.63. The van der Waals surface area contributed by atoms with Gasteiger partial charge in [-0.2, -0.15) is 0 Å². The van der Waals surface area contributed by atoms with E-state index in [2.05, 4.69) is 5.32 Å². The van der Waals surface area contributed by atoms with Gasteiger partial charge in [0, 0.05) is 23.1 Å². The summed E-state index contributed by atoms with van der Waals surface area (Å²) in [6, 6.07) is 8.16. The van der Waals surface area contributed by atoms with Gasteiger partial charge in [0.1, 0.15) is 11.6 Å². The van der Waals surface area contributed by atoms with Crippen molar-refractivity contribution in [3.05, 3.63) is 64.2 Å². The Morgan fingerprint density at radius 2 is 1.89 bits per heavy atom. The van der Waals surface area contributed by atoms with E-state index in [-0.39, 0.29) is 17.1 Å². The molecule has 1 atom stereocenters. The topological polar surface area (TPSA) is 98.5 Å². The molecule has 0 aliphatic rings. The first-order chi connectivity index (χ1) is 12.8. The van der Waals surface area contributed by atoms with Crippen LogP contribution < -0.4 is 5.32 Å². The molecule has 2 aromatic carbocycles. The molecule has 0 spiro atoms. The van der Waals surface area contributed by atoms with Crippen LogP contribution >= 0.6 is 11.8 Å². The predicted octanol–water partition coefficient (Wildman–Crippen LogP) is 3.54. The largest absolute Gasteiger partial charge is 0.452 e. The van der Waals surface area contributed by atoms with E-state index in [9.17, 15) is 28.5 Å². The van der Waals surface area contributed by atoms with Crippen molar-refractivity contribution in [1.82, 2.24) is 0 Å². The van der Waals surface area contributed by atoms with Crippen LogP contribution in [0.25, 0.3) is 0 Å². The van der Waals surface area contributed by atoms with Gasteiger partial charge < -0.3 is 10.1 Å². The van der Waals surface area contributed by atoms with E-state index in [1.807, 2.05) is 0 Å². The minimum Gasteiger partial charge on any atom is -0.452 e. The van der Waals surface area contributed by atoms with E-state index in [0.717, 1.165) is 30.0 Å². The van der Waals surface area contributed by atoms with Gasteiger partial charge in [0.2, 0.25) is 0 Å². The Balaban J connectivity index is 1.84. The second-order valence-corrected chi connectivity index (χ2v) is 6.33. The lowest BCUT2D eigenvalue weighted by Crippen LogP contribution is -2.30. The molecule has 0 bridgehead atoms. The number of nitrogens with one attached hydrogen (secondary N) is 1. The molecule has 0 fully saturated rings. The fourth-order valence-corrected chi connectivity index (χ4v) is 2.60. The Bertz CT molecular complexity index is 861. The number of rotatable bonds is 7. The van der Waals surface area contributed by atoms with Crippen molar-refractivity contribution >= 4 is 35.0 Å². The molecule has 0 aliphatic heterocycles. The zero-order chi connectivity index (χ0) is 20.0. The SMILES string of the molecule is C[C@H](OC(=O)CSc1ccc([N+](=O)[O-])cc1)C(=O)Nc1cc(F)ccc1F. The zero-order valence-corrected chi connectivity index (χ0v) is 14.8. The first kappa shape index (κ1) is 20.3. The van der Waals surface area contributed by atoms with Crippen LogP contribution in [0.2, 0.25) is 0 Å². The van der Waals surface area contributed by atoms with Gasteiger partial charge in [-0.1, -0.05) is 0 Å². The first-order valence-corrected chi connectivity index (χ1v) is 8.57.